The molecule has 1 aliphatic rings. The molecule has 0 saturated heterocycles. The van der Waals surface area contributed by atoms with E-state index in [2.05, 4.69) is 0 Å². The number of nitrogens with zero attached hydrogens (tertiary/aromatic N) is 1. The summed E-state index contributed by atoms with van der Waals surface area (Å²) in [6.07, 6.45) is 3.07. The van der Waals surface area contributed by atoms with E-state index in [1.54, 1.807) is 42.3 Å². The molecule has 0 unspecified atom stereocenters. The van der Waals surface area contributed by atoms with Crippen LogP contribution in [0.4, 0.5) is 10.1 Å². The van der Waals surface area contributed by atoms with Crippen LogP contribution in [0.5, 0.6) is 5.75 Å². The first-order valence-electron chi connectivity index (χ1n) is 8.57. The molecule has 5 heteroatoms. The van der Waals surface area contributed by atoms with E-state index in [0.29, 0.717) is 29.1 Å². The first kappa shape index (κ1) is 17.9. The van der Waals surface area contributed by atoms with Gasteiger partial charge in [0.2, 0.25) is 0 Å². The van der Waals surface area contributed by atoms with Gasteiger partial charge >= 0.3 is 0 Å². The molecule has 0 N–H and O–H groups in total. The quantitative estimate of drug-likeness (QED) is 0.576. The normalized spacial score (nSPS) is 14.7. The summed E-state index contributed by atoms with van der Waals surface area (Å²) in [6.45, 7) is 2.58. The molecule has 0 aliphatic carbocycles. The lowest BCUT2D eigenvalue weighted by atomic mass is 10.0. The van der Waals surface area contributed by atoms with Gasteiger partial charge in [-0.05, 0) is 55.0 Å². The van der Waals surface area contributed by atoms with Gasteiger partial charge in [-0.1, -0.05) is 13.3 Å². The SMILES string of the molecule is CCCCN1C(=O)/C(=C/C(=O)c2ccc(OC)cc2)c2cc(F)ccc21. The van der Waals surface area contributed by atoms with E-state index < -0.39 is 5.82 Å². The van der Waals surface area contributed by atoms with Crippen molar-refractivity contribution in [2.75, 3.05) is 18.6 Å². The minimum Gasteiger partial charge on any atom is -0.497 e. The van der Waals surface area contributed by atoms with Gasteiger partial charge in [-0.3, -0.25) is 9.59 Å². The van der Waals surface area contributed by atoms with Gasteiger partial charge in [0.25, 0.3) is 5.91 Å². The topological polar surface area (TPSA) is 46.6 Å². The van der Waals surface area contributed by atoms with Crippen LogP contribution in [-0.4, -0.2) is 25.3 Å². The molecule has 0 atom stereocenters. The largest absolute Gasteiger partial charge is 0.497 e. The van der Waals surface area contributed by atoms with Crippen molar-refractivity contribution in [2.24, 2.45) is 0 Å². The predicted molar refractivity (Wildman–Crippen MR) is 99.0 cm³/mol. The highest BCUT2D eigenvalue weighted by molar-refractivity contribution is 6.35. The molecule has 0 spiro atoms. The summed E-state index contributed by atoms with van der Waals surface area (Å²) in [4.78, 5) is 27.0. The Morgan fingerprint density at radius 3 is 2.58 bits per heavy atom. The molecule has 1 amide bonds. The van der Waals surface area contributed by atoms with Crippen LogP contribution >= 0.6 is 0 Å². The van der Waals surface area contributed by atoms with Gasteiger partial charge in [-0.25, -0.2) is 4.39 Å². The third-order valence-electron chi connectivity index (χ3n) is 4.40. The third kappa shape index (κ3) is 3.38. The van der Waals surface area contributed by atoms with Crippen LogP contribution in [-0.2, 0) is 4.79 Å². The maximum absolute atomic E-state index is 13.7. The van der Waals surface area contributed by atoms with Gasteiger partial charge in [0.05, 0.1) is 18.4 Å². The molecule has 0 bridgehead atoms. The molecule has 0 radical (unpaired) electrons. The van der Waals surface area contributed by atoms with Crippen LogP contribution in [0.25, 0.3) is 5.57 Å². The second-order valence-corrected chi connectivity index (χ2v) is 6.12. The number of amides is 1. The Morgan fingerprint density at radius 1 is 1.19 bits per heavy atom. The molecule has 1 aliphatic heterocycles. The molecule has 134 valence electrons. The fourth-order valence-electron chi connectivity index (χ4n) is 2.98. The number of carbonyl (C=O) groups excluding carboxylic acids is 2. The molecule has 2 aromatic rings. The van der Waals surface area contributed by atoms with Crippen molar-refractivity contribution < 1.29 is 18.7 Å². The molecule has 0 fully saturated rings. The number of hydrogen-bond acceptors (Lipinski definition) is 3. The lowest BCUT2D eigenvalue weighted by molar-refractivity contribution is -0.113. The zero-order valence-corrected chi connectivity index (χ0v) is 14.8. The summed E-state index contributed by atoms with van der Waals surface area (Å²) in [5.74, 6) is -0.356. The van der Waals surface area contributed by atoms with E-state index in [-0.39, 0.29) is 17.3 Å². The Bertz CT molecular complexity index is 871. The minimum atomic E-state index is -0.434. The summed E-state index contributed by atoms with van der Waals surface area (Å²) in [5, 5.41) is 0. The number of benzene rings is 2. The van der Waals surface area contributed by atoms with E-state index in [0.717, 1.165) is 12.8 Å². The number of allylic oxidation sites excluding steroid dienone is 1. The van der Waals surface area contributed by atoms with Crippen molar-refractivity contribution in [3.05, 3.63) is 65.5 Å². The monoisotopic (exact) mass is 353 g/mol. The van der Waals surface area contributed by atoms with Gasteiger partial charge in [0, 0.05) is 17.7 Å². The van der Waals surface area contributed by atoms with Crippen LogP contribution in [0.2, 0.25) is 0 Å². The second-order valence-electron chi connectivity index (χ2n) is 6.12. The van der Waals surface area contributed by atoms with Crippen molar-refractivity contribution in [1.29, 1.82) is 0 Å². The summed E-state index contributed by atoms with van der Waals surface area (Å²) >= 11 is 0. The maximum atomic E-state index is 13.7. The van der Waals surface area contributed by atoms with Crippen LogP contribution in [0.15, 0.2) is 48.5 Å². The Balaban J connectivity index is 1.97. The molecule has 26 heavy (non-hydrogen) atoms. The van der Waals surface area contributed by atoms with E-state index in [4.69, 9.17) is 4.74 Å². The minimum absolute atomic E-state index is 0.233. The van der Waals surface area contributed by atoms with Crippen molar-refractivity contribution in [3.63, 3.8) is 0 Å². The number of unbranched alkanes of at least 4 members (excludes halogenated alkanes) is 1. The molecular weight excluding hydrogens is 333 g/mol. The van der Waals surface area contributed by atoms with E-state index in [1.807, 2.05) is 6.92 Å². The number of anilines is 1. The molecule has 3 rings (SSSR count). The highest BCUT2D eigenvalue weighted by Gasteiger charge is 2.32. The first-order chi connectivity index (χ1) is 12.5. The summed E-state index contributed by atoms with van der Waals surface area (Å²) in [6, 6.07) is 10.9. The third-order valence-corrected chi connectivity index (χ3v) is 4.40. The first-order valence-corrected chi connectivity index (χ1v) is 8.57. The second kappa shape index (κ2) is 7.52. The number of hydrogen-bond donors (Lipinski definition) is 0. The summed E-state index contributed by atoms with van der Waals surface area (Å²) in [5.41, 5.74) is 1.79. The molecule has 4 nitrogen and oxygen atoms in total. The summed E-state index contributed by atoms with van der Waals surface area (Å²) < 4.78 is 18.8. The molecular formula is C21H20FNO3. The predicted octanol–water partition coefficient (Wildman–Crippen LogP) is 4.25. The Morgan fingerprint density at radius 2 is 1.92 bits per heavy atom. The van der Waals surface area contributed by atoms with Crippen molar-refractivity contribution in [2.45, 2.75) is 19.8 Å². The number of carbonyl (C=O) groups is 2. The van der Waals surface area contributed by atoms with E-state index >= 15 is 0 Å². The zero-order valence-electron chi connectivity index (χ0n) is 14.8. The molecule has 0 aromatic heterocycles. The smallest absolute Gasteiger partial charge is 0.259 e. The van der Waals surface area contributed by atoms with Gasteiger partial charge in [-0.2, -0.15) is 0 Å². The zero-order chi connectivity index (χ0) is 18.7. The number of ketones is 1. The Hall–Kier alpha value is -2.95. The Labute approximate surface area is 151 Å². The van der Waals surface area contributed by atoms with Crippen LogP contribution in [0, 0.1) is 5.82 Å². The van der Waals surface area contributed by atoms with Crippen molar-refractivity contribution >= 4 is 23.0 Å². The lowest BCUT2D eigenvalue weighted by Gasteiger charge is -2.16. The standard InChI is InChI=1S/C21H20FNO3/c1-3-4-11-23-19-10-7-15(22)12-17(19)18(21(23)25)13-20(24)14-5-8-16(26-2)9-6-14/h5-10,12-13H,3-4,11H2,1-2H3/b18-13+. The number of halogens is 1. The number of ether oxygens (including phenoxy) is 1. The number of methoxy groups -OCH3 is 1. The van der Waals surface area contributed by atoms with Crippen LogP contribution < -0.4 is 9.64 Å². The fraction of sp³-hybridized carbons (Fsp3) is 0.238. The van der Waals surface area contributed by atoms with Gasteiger partial charge in [0.1, 0.15) is 11.6 Å². The van der Waals surface area contributed by atoms with Crippen molar-refractivity contribution in [3.8, 4) is 5.75 Å². The average Bonchev–Trinajstić information content (AvgIpc) is 2.91. The molecule has 1 heterocycles. The van der Waals surface area contributed by atoms with E-state index in [9.17, 15) is 14.0 Å². The van der Waals surface area contributed by atoms with Crippen LogP contribution in [0.3, 0.4) is 0 Å². The average molecular weight is 353 g/mol. The number of rotatable bonds is 6. The summed E-state index contributed by atoms with van der Waals surface area (Å²) in [7, 11) is 1.55. The molecule has 0 saturated carbocycles. The highest BCUT2D eigenvalue weighted by Crippen LogP contribution is 2.37. The highest BCUT2D eigenvalue weighted by atomic mass is 19.1. The lowest BCUT2D eigenvalue weighted by Crippen LogP contribution is -2.27. The fourth-order valence-corrected chi connectivity index (χ4v) is 2.98. The maximum Gasteiger partial charge on any atom is 0.259 e. The number of fused-ring (bicyclic) bond motifs is 1. The van der Waals surface area contributed by atoms with Gasteiger partial charge in [-0.15, -0.1) is 0 Å². The molecule has 2 aromatic carbocycles. The van der Waals surface area contributed by atoms with Crippen LogP contribution in [0.1, 0.15) is 35.7 Å². The van der Waals surface area contributed by atoms with Gasteiger partial charge in [0.15, 0.2) is 5.78 Å². The van der Waals surface area contributed by atoms with Crippen molar-refractivity contribution in [1.82, 2.24) is 0 Å². The van der Waals surface area contributed by atoms with Gasteiger partial charge < -0.3 is 9.64 Å². The van der Waals surface area contributed by atoms with E-state index in [1.165, 1.54) is 18.2 Å². The Kier molecular flexibility index (Phi) is 5.16.